The van der Waals surface area contributed by atoms with E-state index in [1.807, 2.05) is 24.4 Å². The topological polar surface area (TPSA) is 101 Å². The molecule has 0 fully saturated rings. The molecule has 1 unspecified atom stereocenters. The minimum atomic E-state index is -0.478. The van der Waals surface area contributed by atoms with Crippen molar-refractivity contribution in [2.45, 2.75) is 13.0 Å². The maximum absolute atomic E-state index is 12.7. The highest BCUT2D eigenvalue weighted by molar-refractivity contribution is 5.97. The molecular weight excluding hydrogens is 346 g/mol. The Bertz CT molecular complexity index is 1210. The number of hydrogen-bond donors (Lipinski definition) is 2. The molecule has 27 heavy (non-hydrogen) atoms. The SMILES string of the molecule is COc1ccc2c(=O)c(C(=O)NC(C)c3nnc4ccccn34)c[nH]c2c1. The van der Waals surface area contributed by atoms with Crippen LogP contribution in [0.3, 0.4) is 0 Å². The number of nitrogens with one attached hydrogen (secondary N) is 2. The van der Waals surface area contributed by atoms with Crippen molar-refractivity contribution in [3.05, 3.63) is 70.4 Å². The molecule has 0 saturated carbocycles. The van der Waals surface area contributed by atoms with Crippen molar-refractivity contribution in [2.24, 2.45) is 0 Å². The maximum atomic E-state index is 12.7. The third-order valence-corrected chi connectivity index (χ3v) is 4.41. The van der Waals surface area contributed by atoms with Gasteiger partial charge in [0.2, 0.25) is 5.43 Å². The molecule has 4 aromatic rings. The third-order valence-electron chi connectivity index (χ3n) is 4.41. The number of carbonyl (C=O) groups is 1. The molecule has 8 nitrogen and oxygen atoms in total. The molecule has 0 aliphatic heterocycles. The van der Waals surface area contributed by atoms with Gasteiger partial charge in [0.25, 0.3) is 5.91 Å². The minimum absolute atomic E-state index is 0.0355. The number of fused-ring (bicyclic) bond motifs is 2. The van der Waals surface area contributed by atoms with Crippen LogP contribution < -0.4 is 15.5 Å². The lowest BCUT2D eigenvalue weighted by atomic mass is 10.1. The lowest BCUT2D eigenvalue weighted by Gasteiger charge is -2.12. The summed E-state index contributed by atoms with van der Waals surface area (Å²) in [6.07, 6.45) is 3.23. The monoisotopic (exact) mass is 363 g/mol. The van der Waals surface area contributed by atoms with E-state index in [0.29, 0.717) is 28.1 Å². The molecule has 136 valence electrons. The number of ether oxygens (including phenoxy) is 1. The first-order valence-corrected chi connectivity index (χ1v) is 8.38. The smallest absolute Gasteiger partial charge is 0.257 e. The van der Waals surface area contributed by atoms with Gasteiger partial charge in [0.15, 0.2) is 11.5 Å². The Kier molecular flexibility index (Phi) is 4.08. The predicted octanol–water partition coefficient (Wildman–Crippen LogP) is 2.07. The fraction of sp³-hybridized carbons (Fsp3) is 0.158. The van der Waals surface area contributed by atoms with Crippen molar-refractivity contribution in [3.8, 4) is 5.75 Å². The van der Waals surface area contributed by atoms with Crippen LogP contribution in [0.1, 0.15) is 29.1 Å². The molecule has 0 saturated heterocycles. The van der Waals surface area contributed by atoms with Crippen molar-refractivity contribution in [2.75, 3.05) is 7.11 Å². The molecule has 0 radical (unpaired) electrons. The quantitative estimate of drug-likeness (QED) is 0.578. The molecule has 1 amide bonds. The number of nitrogens with zero attached hydrogens (tertiary/aromatic N) is 3. The van der Waals surface area contributed by atoms with Crippen molar-refractivity contribution in [1.82, 2.24) is 24.9 Å². The molecule has 4 rings (SSSR count). The van der Waals surface area contributed by atoms with Crippen LogP contribution in [-0.2, 0) is 0 Å². The molecule has 0 bridgehead atoms. The van der Waals surface area contributed by atoms with E-state index >= 15 is 0 Å². The number of amides is 1. The summed E-state index contributed by atoms with van der Waals surface area (Å²) >= 11 is 0. The van der Waals surface area contributed by atoms with Crippen molar-refractivity contribution in [1.29, 1.82) is 0 Å². The number of hydrogen-bond acceptors (Lipinski definition) is 5. The number of aromatic nitrogens is 4. The first-order valence-electron chi connectivity index (χ1n) is 8.38. The van der Waals surface area contributed by atoms with Gasteiger partial charge in [0.05, 0.1) is 18.7 Å². The molecule has 0 spiro atoms. The fourth-order valence-electron chi connectivity index (χ4n) is 2.99. The zero-order valence-corrected chi connectivity index (χ0v) is 14.8. The predicted molar refractivity (Wildman–Crippen MR) is 100.0 cm³/mol. The van der Waals surface area contributed by atoms with Crippen molar-refractivity contribution < 1.29 is 9.53 Å². The number of carbonyl (C=O) groups excluding carboxylic acids is 1. The van der Waals surface area contributed by atoms with Gasteiger partial charge in [-0.1, -0.05) is 6.07 Å². The molecule has 3 heterocycles. The first kappa shape index (κ1) is 16.8. The van der Waals surface area contributed by atoms with Crippen LogP contribution >= 0.6 is 0 Å². The third kappa shape index (κ3) is 2.91. The van der Waals surface area contributed by atoms with E-state index in [2.05, 4.69) is 20.5 Å². The second kappa shape index (κ2) is 6.56. The van der Waals surface area contributed by atoms with E-state index in [4.69, 9.17) is 4.74 Å². The Hall–Kier alpha value is -3.68. The van der Waals surface area contributed by atoms with E-state index in [9.17, 15) is 9.59 Å². The second-order valence-corrected chi connectivity index (χ2v) is 6.13. The van der Waals surface area contributed by atoms with Gasteiger partial charge >= 0.3 is 0 Å². The van der Waals surface area contributed by atoms with Crippen molar-refractivity contribution >= 4 is 22.5 Å². The maximum Gasteiger partial charge on any atom is 0.257 e. The van der Waals surface area contributed by atoms with Gasteiger partial charge in [0, 0.05) is 23.8 Å². The number of H-pyrrole nitrogens is 1. The molecular formula is C19H17N5O3. The summed E-state index contributed by atoms with van der Waals surface area (Å²) in [5, 5.41) is 11.4. The highest BCUT2D eigenvalue weighted by Crippen LogP contribution is 2.17. The molecule has 0 aliphatic rings. The summed E-state index contributed by atoms with van der Waals surface area (Å²) < 4.78 is 6.95. The fourth-order valence-corrected chi connectivity index (χ4v) is 2.99. The van der Waals surface area contributed by atoms with Gasteiger partial charge in [-0.2, -0.15) is 0 Å². The summed E-state index contributed by atoms with van der Waals surface area (Å²) in [7, 11) is 1.55. The van der Waals surface area contributed by atoms with Crippen molar-refractivity contribution in [3.63, 3.8) is 0 Å². The Balaban J connectivity index is 1.64. The van der Waals surface area contributed by atoms with Gasteiger partial charge in [-0.15, -0.1) is 10.2 Å². The van der Waals surface area contributed by atoms with Crippen LogP contribution in [0.25, 0.3) is 16.6 Å². The van der Waals surface area contributed by atoms with Gasteiger partial charge in [-0.3, -0.25) is 14.0 Å². The van der Waals surface area contributed by atoms with Crippen LogP contribution in [0.5, 0.6) is 5.75 Å². The average molecular weight is 363 g/mol. The Morgan fingerprint density at radius 3 is 2.93 bits per heavy atom. The van der Waals surface area contributed by atoms with Gasteiger partial charge in [-0.05, 0) is 31.2 Å². The summed E-state index contributed by atoms with van der Waals surface area (Å²) in [6.45, 7) is 1.79. The molecule has 3 aromatic heterocycles. The lowest BCUT2D eigenvalue weighted by molar-refractivity contribution is 0.0937. The Morgan fingerprint density at radius 2 is 2.11 bits per heavy atom. The van der Waals surface area contributed by atoms with E-state index in [-0.39, 0.29) is 11.0 Å². The number of aromatic amines is 1. The van der Waals surface area contributed by atoms with Crippen LogP contribution in [0.15, 0.2) is 53.6 Å². The summed E-state index contributed by atoms with van der Waals surface area (Å²) in [4.78, 5) is 28.3. The number of rotatable bonds is 4. The van der Waals surface area contributed by atoms with E-state index in [0.717, 1.165) is 0 Å². The minimum Gasteiger partial charge on any atom is -0.497 e. The summed E-state index contributed by atoms with van der Waals surface area (Å²) in [5.41, 5.74) is 0.981. The lowest BCUT2D eigenvalue weighted by Crippen LogP contribution is -2.32. The van der Waals surface area contributed by atoms with E-state index < -0.39 is 11.9 Å². The normalized spacial score (nSPS) is 12.2. The van der Waals surface area contributed by atoms with Crippen LogP contribution in [0.4, 0.5) is 0 Å². The molecule has 0 aliphatic carbocycles. The van der Waals surface area contributed by atoms with Gasteiger partial charge in [0.1, 0.15) is 11.3 Å². The Morgan fingerprint density at radius 1 is 1.26 bits per heavy atom. The average Bonchev–Trinajstić information content (AvgIpc) is 3.12. The van der Waals surface area contributed by atoms with Crippen LogP contribution in [0.2, 0.25) is 0 Å². The number of benzene rings is 1. The van der Waals surface area contributed by atoms with E-state index in [1.165, 1.54) is 6.20 Å². The first-order chi connectivity index (χ1) is 13.1. The van der Waals surface area contributed by atoms with Crippen LogP contribution in [0, 0.1) is 0 Å². The molecule has 1 aromatic carbocycles. The summed E-state index contributed by atoms with van der Waals surface area (Å²) in [5.74, 6) is 0.734. The molecule has 1 atom stereocenters. The summed E-state index contributed by atoms with van der Waals surface area (Å²) in [6, 6.07) is 10.2. The number of pyridine rings is 2. The highest BCUT2D eigenvalue weighted by Gasteiger charge is 2.19. The zero-order valence-electron chi connectivity index (χ0n) is 14.8. The highest BCUT2D eigenvalue weighted by atomic mass is 16.5. The molecule has 2 N–H and O–H groups in total. The second-order valence-electron chi connectivity index (χ2n) is 6.13. The van der Waals surface area contributed by atoms with Crippen LogP contribution in [-0.4, -0.2) is 32.6 Å². The standard InChI is InChI=1S/C19H17N5O3/c1-11(18-23-22-16-5-3-4-8-24(16)18)21-19(26)14-10-20-15-9-12(27-2)6-7-13(15)17(14)25/h3-11H,1-2H3,(H,20,25)(H,21,26). The van der Waals surface area contributed by atoms with Gasteiger partial charge < -0.3 is 15.0 Å². The van der Waals surface area contributed by atoms with E-state index in [1.54, 1.807) is 36.6 Å². The Labute approximate surface area is 153 Å². The van der Waals surface area contributed by atoms with Gasteiger partial charge in [-0.25, -0.2) is 0 Å². The number of methoxy groups -OCH3 is 1. The zero-order chi connectivity index (χ0) is 19.0. The largest absolute Gasteiger partial charge is 0.497 e. The molecule has 8 heteroatoms.